The lowest BCUT2D eigenvalue weighted by atomic mass is 10.1. The lowest BCUT2D eigenvalue weighted by molar-refractivity contribution is -0.119. The Morgan fingerprint density at radius 1 is 1.64 bits per heavy atom. The Bertz CT molecular complexity index is 328. The van der Waals surface area contributed by atoms with Gasteiger partial charge in [0.05, 0.1) is 6.04 Å². The molecule has 0 fully saturated rings. The molecular formula is C10H12ClNO2. The molecule has 76 valence electrons. The molecule has 0 aliphatic heterocycles. The summed E-state index contributed by atoms with van der Waals surface area (Å²) in [4.78, 5) is 11.0. The van der Waals surface area contributed by atoms with Crippen molar-refractivity contribution < 1.29 is 9.90 Å². The van der Waals surface area contributed by atoms with E-state index < -0.39 is 0 Å². The number of hydrogen-bond acceptors (Lipinski definition) is 2. The summed E-state index contributed by atoms with van der Waals surface area (Å²) in [5.74, 6) is -0.0830. The van der Waals surface area contributed by atoms with E-state index >= 15 is 0 Å². The van der Waals surface area contributed by atoms with E-state index in [1.54, 1.807) is 18.2 Å². The summed E-state index contributed by atoms with van der Waals surface area (Å²) < 4.78 is 0. The van der Waals surface area contributed by atoms with Crippen LogP contribution in [0.4, 0.5) is 0 Å². The van der Waals surface area contributed by atoms with Gasteiger partial charge in [-0.2, -0.15) is 0 Å². The van der Waals surface area contributed by atoms with Crippen LogP contribution in [-0.2, 0) is 4.79 Å². The van der Waals surface area contributed by atoms with Crippen molar-refractivity contribution in [3.63, 3.8) is 0 Å². The van der Waals surface area contributed by atoms with E-state index in [9.17, 15) is 9.90 Å². The van der Waals surface area contributed by atoms with Gasteiger partial charge in [-0.05, 0) is 24.6 Å². The summed E-state index contributed by atoms with van der Waals surface area (Å²) in [6.45, 7) is 1.83. The molecule has 1 unspecified atom stereocenters. The maximum Gasteiger partial charge on any atom is 0.235 e. The Morgan fingerprint density at radius 3 is 2.93 bits per heavy atom. The highest BCUT2D eigenvalue weighted by molar-refractivity contribution is 6.27. The van der Waals surface area contributed by atoms with Gasteiger partial charge in [-0.25, -0.2) is 0 Å². The number of alkyl halides is 1. The summed E-state index contributed by atoms with van der Waals surface area (Å²) in [5.41, 5.74) is 0.850. The highest BCUT2D eigenvalue weighted by Gasteiger charge is 2.08. The van der Waals surface area contributed by atoms with Crippen LogP contribution >= 0.6 is 11.6 Å². The second-order valence-electron chi connectivity index (χ2n) is 3.02. The van der Waals surface area contributed by atoms with E-state index in [0.29, 0.717) is 0 Å². The fraction of sp³-hybridized carbons (Fsp3) is 0.300. The van der Waals surface area contributed by atoms with Crippen LogP contribution in [0.2, 0.25) is 0 Å². The fourth-order valence-electron chi connectivity index (χ4n) is 1.16. The average Bonchev–Trinajstić information content (AvgIpc) is 2.17. The van der Waals surface area contributed by atoms with Crippen LogP contribution in [0.5, 0.6) is 5.75 Å². The molecule has 0 spiro atoms. The first kappa shape index (κ1) is 10.9. The summed E-state index contributed by atoms with van der Waals surface area (Å²) >= 11 is 5.35. The van der Waals surface area contributed by atoms with Crippen molar-refractivity contribution in [2.75, 3.05) is 5.88 Å². The number of amides is 1. The van der Waals surface area contributed by atoms with Crippen LogP contribution in [-0.4, -0.2) is 16.9 Å². The number of carbonyl (C=O) groups excluding carboxylic acids is 1. The molecule has 0 heterocycles. The maximum absolute atomic E-state index is 11.0. The first-order valence-corrected chi connectivity index (χ1v) is 4.81. The van der Waals surface area contributed by atoms with Crippen LogP contribution in [0.25, 0.3) is 0 Å². The van der Waals surface area contributed by atoms with Crippen LogP contribution in [0.15, 0.2) is 24.3 Å². The van der Waals surface area contributed by atoms with E-state index in [0.717, 1.165) is 5.56 Å². The van der Waals surface area contributed by atoms with Gasteiger partial charge in [0.2, 0.25) is 5.91 Å². The van der Waals surface area contributed by atoms with Gasteiger partial charge in [0.1, 0.15) is 11.6 Å². The molecular weight excluding hydrogens is 202 g/mol. The maximum atomic E-state index is 11.0. The number of benzene rings is 1. The third kappa shape index (κ3) is 2.92. The monoisotopic (exact) mass is 213 g/mol. The number of carbonyl (C=O) groups is 1. The van der Waals surface area contributed by atoms with Crippen molar-refractivity contribution in [3.8, 4) is 5.75 Å². The predicted molar refractivity (Wildman–Crippen MR) is 55.4 cm³/mol. The second-order valence-corrected chi connectivity index (χ2v) is 3.29. The normalized spacial score (nSPS) is 12.1. The number of rotatable bonds is 3. The lowest BCUT2D eigenvalue weighted by Gasteiger charge is -2.13. The molecule has 0 aliphatic rings. The Balaban J connectivity index is 2.69. The van der Waals surface area contributed by atoms with Crippen molar-refractivity contribution >= 4 is 17.5 Å². The third-order valence-corrected chi connectivity index (χ3v) is 2.11. The predicted octanol–water partition coefficient (Wildman–Crippen LogP) is 1.81. The highest BCUT2D eigenvalue weighted by Crippen LogP contribution is 2.17. The molecule has 1 rings (SSSR count). The van der Waals surface area contributed by atoms with Crippen molar-refractivity contribution in [2.24, 2.45) is 0 Å². The molecule has 1 atom stereocenters. The average molecular weight is 214 g/mol. The number of phenolic OH excluding ortho intramolecular Hbond substituents is 1. The quantitative estimate of drug-likeness (QED) is 0.753. The van der Waals surface area contributed by atoms with Crippen LogP contribution in [0.1, 0.15) is 18.5 Å². The molecule has 3 nitrogen and oxygen atoms in total. The molecule has 0 aromatic heterocycles. The van der Waals surface area contributed by atoms with E-state index in [1.165, 1.54) is 0 Å². The summed E-state index contributed by atoms with van der Waals surface area (Å²) in [7, 11) is 0. The van der Waals surface area contributed by atoms with Crippen LogP contribution in [0.3, 0.4) is 0 Å². The van der Waals surface area contributed by atoms with Crippen LogP contribution < -0.4 is 5.32 Å². The first-order valence-electron chi connectivity index (χ1n) is 4.27. The topological polar surface area (TPSA) is 49.3 Å². The Kier molecular flexibility index (Phi) is 3.77. The van der Waals surface area contributed by atoms with Crippen LogP contribution in [0, 0.1) is 0 Å². The van der Waals surface area contributed by atoms with Crippen molar-refractivity contribution in [3.05, 3.63) is 29.8 Å². The van der Waals surface area contributed by atoms with Gasteiger partial charge in [0, 0.05) is 0 Å². The molecule has 0 bridgehead atoms. The first-order chi connectivity index (χ1) is 6.63. The van der Waals surface area contributed by atoms with Gasteiger partial charge in [-0.15, -0.1) is 11.6 Å². The van der Waals surface area contributed by atoms with Gasteiger partial charge in [-0.1, -0.05) is 12.1 Å². The van der Waals surface area contributed by atoms with E-state index in [1.807, 2.05) is 13.0 Å². The molecule has 0 saturated carbocycles. The van der Waals surface area contributed by atoms with Gasteiger partial charge >= 0.3 is 0 Å². The number of hydrogen-bond donors (Lipinski definition) is 2. The SMILES string of the molecule is CC(NC(=O)CCl)c1cccc(O)c1. The minimum absolute atomic E-state index is 0.0524. The van der Waals surface area contributed by atoms with Crippen molar-refractivity contribution in [1.29, 1.82) is 0 Å². The molecule has 0 saturated heterocycles. The summed E-state index contributed by atoms with van der Waals surface area (Å²) in [6, 6.07) is 6.61. The molecule has 2 N–H and O–H groups in total. The Morgan fingerprint density at radius 2 is 2.36 bits per heavy atom. The minimum Gasteiger partial charge on any atom is -0.508 e. The number of nitrogens with one attached hydrogen (secondary N) is 1. The zero-order valence-electron chi connectivity index (χ0n) is 7.83. The third-order valence-electron chi connectivity index (χ3n) is 1.87. The van der Waals surface area contributed by atoms with E-state index in [-0.39, 0.29) is 23.6 Å². The number of halogens is 1. The molecule has 1 aromatic rings. The molecule has 0 radical (unpaired) electrons. The Hall–Kier alpha value is -1.22. The summed E-state index contributed by atoms with van der Waals surface area (Å²) in [6.07, 6.45) is 0. The van der Waals surface area contributed by atoms with Gasteiger partial charge in [0.15, 0.2) is 0 Å². The smallest absolute Gasteiger partial charge is 0.235 e. The molecule has 0 aliphatic carbocycles. The van der Waals surface area contributed by atoms with E-state index in [2.05, 4.69) is 5.32 Å². The van der Waals surface area contributed by atoms with Gasteiger partial charge in [0.25, 0.3) is 0 Å². The van der Waals surface area contributed by atoms with Crippen molar-refractivity contribution in [2.45, 2.75) is 13.0 Å². The largest absolute Gasteiger partial charge is 0.508 e. The molecule has 4 heteroatoms. The Labute approximate surface area is 87.7 Å². The standard InChI is InChI=1S/C10H12ClNO2/c1-7(12-10(14)6-11)8-3-2-4-9(13)5-8/h2-5,7,13H,6H2,1H3,(H,12,14). The fourth-order valence-corrected chi connectivity index (χ4v) is 1.23. The lowest BCUT2D eigenvalue weighted by Crippen LogP contribution is -2.27. The highest BCUT2D eigenvalue weighted by atomic mass is 35.5. The van der Waals surface area contributed by atoms with E-state index in [4.69, 9.17) is 11.6 Å². The molecule has 14 heavy (non-hydrogen) atoms. The molecule has 1 aromatic carbocycles. The minimum atomic E-state index is -0.220. The summed E-state index contributed by atoms with van der Waals surface area (Å²) in [5, 5.41) is 11.9. The number of aromatic hydroxyl groups is 1. The second kappa shape index (κ2) is 4.86. The molecule has 1 amide bonds. The van der Waals surface area contributed by atoms with Gasteiger partial charge < -0.3 is 10.4 Å². The van der Waals surface area contributed by atoms with Crippen molar-refractivity contribution in [1.82, 2.24) is 5.32 Å². The van der Waals surface area contributed by atoms with Gasteiger partial charge in [-0.3, -0.25) is 4.79 Å². The zero-order chi connectivity index (χ0) is 10.6. The zero-order valence-corrected chi connectivity index (χ0v) is 8.58. The number of phenols is 1.